The number of aromatic nitrogens is 2. The van der Waals surface area contributed by atoms with Crippen molar-refractivity contribution in [1.29, 1.82) is 0 Å². The SMILES string of the molecule is Cc1ccc(Cn2nc(C(=O)NN)cc2C)cc1. The van der Waals surface area contributed by atoms with E-state index in [2.05, 4.69) is 34.8 Å². The third kappa shape index (κ3) is 2.57. The van der Waals surface area contributed by atoms with Crippen molar-refractivity contribution in [1.82, 2.24) is 15.2 Å². The van der Waals surface area contributed by atoms with Gasteiger partial charge in [0.15, 0.2) is 5.69 Å². The molecule has 0 bridgehead atoms. The van der Waals surface area contributed by atoms with Gasteiger partial charge in [-0.05, 0) is 25.5 Å². The molecule has 5 nitrogen and oxygen atoms in total. The van der Waals surface area contributed by atoms with E-state index >= 15 is 0 Å². The van der Waals surface area contributed by atoms with Crippen molar-refractivity contribution in [2.24, 2.45) is 5.84 Å². The van der Waals surface area contributed by atoms with E-state index in [9.17, 15) is 4.79 Å². The predicted octanol–water partition coefficient (Wildman–Crippen LogP) is 1.15. The molecule has 1 aromatic carbocycles. The fourth-order valence-corrected chi connectivity index (χ4v) is 1.72. The van der Waals surface area contributed by atoms with Crippen molar-refractivity contribution in [2.75, 3.05) is 0 Å². The Balaban J connectivity index is 2.21. The number of carbonyl (C=O) groups is 1. The number of rotatable bonds is 3. The molecule has 0 unspecified atom stereocenters. The molecule has 0 fully saturated rings. The van der Waals surface area contributed by atoms with Crippen LogP contribution in [0.3, 0.4) is 0 Å². The summed E-state index contributed by atoms with van der Waals surface area (Å²) < 4.78 is 1.79. The zero-order chi connectivity index (χ0) is 13.1. The maximum Gasteiger partial charge on any atom is 0.285 e. The van der Waals surface area contributed by atoms with E-state index in [-0.39, 0.29) is 5.91 Å². The maximum atomic E-state index is 11.4. The van der Waals surface area contributed by atoms with E-state index in [4.69, 9.17) is 5.84 Å². The molecule has 0 aliphatic rings. The van der Waals surface area contributed by atoms with Gasteiger partial charge in [0.25, 0.3) is 5.91 Å². The summed E-state index contributed by atoms with van der Waals surface area (Å²) in [5.41, 5.74) is 5.71. The van der Waals surface area contributed by atoms with Gasteiger partial charge in [0.05, 0.1) is 6.54 Å². The van der Waals surface area contributed by atoms with Crippen LogP contribution in [0.25, 0.3) is 0 Å². The molecule has 0 aliphatic heterocycles. The number of nitrogens with zero attached hydrogens (tertiary/aromatic N) is 2. The van der Waals surface area contributed by atoms with Crippen molar-refractivity contribution in [3.8, 4) is 0 Å². The largest absolute Gasteiger partial charge is 0.289 e. The zero-order valence-electron chi connectivity index (χ0n) is 10.5. The van der Waals surface area contributed by atoms with Crippen molar-refractivity contribution in [2.45, 2.75) is 20.4 Å². The summed E-state index contributed by atoms with van der Waals surface area (Å²) >= 11 is 0. The van der Waals surface area contributed by atoms with Crippen molar-refractivity contribution >= 4 is 5.91 Å². The van der Waals surface area contributed by atoms with Crippen LogP contribution >= 0.6 is 0 Å². The molecule has 2 aromatic rings. The smallest absolute Gasteiger partial charge is 0.285 e. The van der Waals surface area contributed by atoms with E-state index in [0.717, 1.165) is 11.3 Å². The molecular weight excluding hydrogens is 228 g/mol. The maximum absolute atomic E-state index is 11.4. The zero-order valence-corrected chi connectivity index (χ0v) is 10.5. The van der Waals surface area contributed by atoms with Crippen LogP contribution in [0, 0.1) is 13.8 Å². The van der Waals surface area contributed by atoms with Crippen LogP contribution in [-0.4, -0.2) is 15.7 Å². The van der Waals surface area contributed by atoms with Gasteiger partial charge in [0.2, 0.25) is 0 Å². The number of amides is 1. The lowest BCUT2D eigenvalue weighted by molar-refractivity contribution is 0.0948. The summed E-state index contributed by atoms with van der Waals surface area (Å²) in [5, 5.41) is 4.22. The minimum Gasteiger partial charge on any atom is -0.289 e. The van der Waals surface area contributed by atoms with Gasteiger partial charge in [0, 0.05) is 5.69 Å². The van der Waals surface area contributed by atoms with Gasteiger partial charge < -0.3 is 0 Å². The predicted molar refractivity (Wildman–Crippen MR) is 68.9 cm³/mol. The van der Waals surface area contributed by atoms with Gasteiger partial charge in [0.1, 0.15) is 0 Å². The minimum atomic E-state index is -0.374. The number of aryl methyl sites for hydroxylation is 2. The highest BCUT2D eigenvalue weighted by Gasteiger charge is 2.10. The Morgan fingerprint density at radius 2 is 2.00 bits per heavy atom. The van der Waals surface area contributed by atoms with Crippen LogP contribution in [0.1, 0.15) is 27.3 Å². The van der Waals surface area contributed by atoms with Crippen molar-refractivity contribution in [3.63, 3.8) is 0 Å². The molecule has 0 radical (unpaired) electrons. The third-order valence-electron chi connectivity index (χ3n) is 2.80. The first-order chi connectivity index (χ1) is 8.60. The molecule has 0 saturated heterocycles. The normalized spacial score (nSPS) is 10.4. The summed E-state index contributed by atoms with van der Waals surface area (Å²) in [5.74, 6) is 4.71. The standard InChI is InChI=1S/C13H16N4O/c1-9-3-5-11(6-4-9)8-17-10(2)7-12(16-17)13(18)15-14/h3-7H,8,14H2,1-2H3,(H,15,18). The van der Waals surface area contributed by atoms with E-state index in [1.165, 1.54) is 5.56 Å². The topological polar surface area (TPSA) is 72.9 Å². The fourth-order valence-electron chi connectivity index (χ4n) is 1.72. The lowest BCUT2D eigenvalue weighted by Gasteiger charge is -2.04. The Kier molecular flexibility index (Phi) is 3.43. The minimum absolute atomic E-state index is 0.335. The fraction of sp³-hybridized carbons (Fsp3) is 0.231. The first-order valence-electron chi connectivity index (χ1n) is 5.71. The quantitative estimate of drug-likeness (QED) is 0.483. The molecule has 0 saturated carbocycles. The molecule has 1 heterocycles. The Bertz CT molecular complexity index is 557. The van der Waals surface area contributed by atoms with Crippen LogP contribution < -0.4 is 11.3 Å². The van der Waals surface area contributed by atoms with Crippen LogP contribution in [0.15, 0.2) is 30.3 Å². The molecule has 1 amide bonds. The van der Waals surface area contributed by atoms with Crippen molar-refractivity contribution < 1.29 is 4.79 Å². The molecule has 0 spiro atoms. The molecular formula is C13H16N4O. The summed E-state index contributed by atoms with van der Waals surface area (Å²) in [7, 11) is 0. The van der Waals surface area contributed by atoms with E-state index < -0.39 is 0 Å². The summed E-state index contributed by atoms with van der Waals surface area (Å²) in [6.45, 7) is 4.60. The highest BCUT2D eigenvalue weighted by molar-refractivity contribution is 5.91. The molecule has 0 aliphatic carbocycles. The molecule has 0 atom stereocenters. The Labute approximate surface area is 106 Å². The number of nitrogens with two attached hydrogens (primary N) is 1. The van der Waals surface area contributed by atoms with E-state index in [1.807, 2.05) is 13.8 Å². The first-order valence-corrected chi connectivity index (χ1v) is 5.71. The number of hydrogen-bond donors (Lipinski definition) is 2. The lowest BCUT2D eigenvalue weighted by atomic mass is 10.1. The van der Waals surface area contributed by atoms with E-state index in [1.54, 1.807) is 10.7 Å². The van der Waals surface area contributed by atoms with Gasteiger partial charge in [-0.15, -0.1) is 0 Å². The average molecular weight is 244 g/mol. The molecule has 3 N–H and O–H groups in total. The number of benzene rings is 1. The summed E-state index contributed by atoms with van der Waals surface area (Å²) in [6, 6.07) is 9.94. The molecule has 1 aromatic heterocycles. The highest BCUT2D eigenvalue weighted by Crippen LogP contribution is 2.09. The van der Waals surface area contributed by atoms with Gasteiger partial charge >= 0.3 is 0 Å². The lowest BCUT2D eigenvalue weighted by Crippen LogP contribution is -2.30. The Hall–Kier alpha value is -2.14. The van der Waals surface area contributed by atoms with Crippen LogP contribution in [0.5, 0.6) is 0 Å². The van der Waals surface area contributed by atoms with Gasteiger partial charge in [-0.1, -0.05) is 29.8 Å². The van der Waals surface area contributed by atoms with Crippen molar-refractivity contribution in [3.05, 3.63) is 52.8 Å². The second-order valence-electron chi connectivity index (χ2n) is 4.29. The second kappa shape index (κ2) is 5.01. The highest BCUT2D eigenvalue weighted by atomic mass is 16.2. The Morgan fingerprint density at radius 1 is 1.33 bits per heavy atom. The van der Waals surface area contributed by atoms with Gasteiger partial charge in [-0.3, -0.25) is 14.9 Å². The average Bonchev–Trinajstić information content (AvgIpc) is 2.73. The third-order valence-corrected chi connectivity index (χ3v) is 2.80. The van der Waals surface area contributed by atoms with Gasteiger partial charge in [-0.2, -0.15) is 5.10 Å². The number of nitrogen functional groups attached to an aromatic ring is 1. The molecule has 5 heteroatoms. The molecule has 18 heavy (non-hydrogen) atoms. The first kappa shape index (κ1) is 12.3. The number of hydrazine groups is 1. The van der Waals surface area contributed by atoms with Gasteiger partial charge in [-0.25, -0.2) is 5.84 Å². The second-order valence-corrected chi connectivity index (χ2v) is 4.29. The van der Waals surface area contributed by atoms with E-state index in [0.29, 0.717) is 12.2 Å². The monoisotopic (exact) mass is 244 g/mol. The molecule has 94 valence electrons. The number of nitrogens with one attached hydrogen (secondary N) is 1. The van der Waals surface area contributed by atoms with Crippen LogP contribution in [0.4, 0.5) is 0 Å². The van der Waals surface area contributed by atoms with Crippen LogP contribution in [-0.2, 0) is 6.54 Å². The number of hydrogen-bond acceptors (Lipinski definition) is 3. The molecule has 2 rings (SSSR count). The van der Waals surface area contributed by atoms with Crippen LogP contribution in [0.2, 0.25) is 0 Å². The Morgan fingerprint density at radius 3 is 2.61 bits per heavy atom. The summed E-state index contributed by atoms with van der Waals surface area (Å²) in [6.07, 6.45) is 0. The summed E-state index contributed by atoms with van der Waals surface area (Å²) in [4.78, 5) is 11.4. The number of carbonyl (C=O) groups excluding carboxylic acids is 1.